The molecule has 1 aliphatic heterocycles. The van der Waals surface area contributed by atoms with Crippen LogP contribution in [0.15, 0.2) is 34.7 Å². The molecule has 3 heterocycles. The maximum absolute atomic E-state index is 13.0. The first-order valence-electron chi connectivity index (χ1n) is 10.3. The Balaban J connectivity index is 1.57. The largest absolute Gasteiger partial charge is 0.379 e. The lowest BCUT2D eigenvalue weighted by Crippen LogP contribution is -2.40. The first kappa shape index (κ1) is 21.9. The van der Waals surface area contributed by atoms with Crippen LogP contribution in [0.5, 0.6) is 0 Å². The molecule has 11 heteroatoms. The van der Waals surface area contributed by atoms with E-state index >= 15 is 0 Å². The zero-order valence-corrected chi connectivity index (χ0v) is 18.9. The molecule has 0 spiro atoms. The molecule has 1 N–H and O–H groups in total. The number of ether oxygens (including phenoxy) is 1. The number of carbonyl (C=O) groups is 1. The van der Waals surface area contributed by atoms with Gasteiger partial charge in [-0.25, -0.2) is 18.4 Å². The SMILES string of the molecule is CCCn1c(CCC(=O)Nc2nccs2)nc2cc(S(=O)(=O)N3CCOCC3)ccc21. The van der Waals surface area contributed by atoms with Crippen LogP contribution in [0.25, 0.3) is 11.0 Å². The van der Waals surface area contributed by atoms with Crippen molar-refractivity contribution in [3.8, 4) is 0 Å². The number of amides is 1. The number of anilines is 1. The zero-order valence-electron chi connectivity index (χ0n) is 17.3. The molecule has 0 bridgehead atoms. The van der Waals surface area contributed by atoms with Crippen LogP contribution < -0.4 is 5.32 Å². The van der Waals surface area contributed by atoms with E-state index in [1.54, 1.807) is 23.7 Å². The first-order chi connectivity index (χ1) is 15.0. The number of fused-ring (bicyclic) bond motifs is 1. The van der Waals surface area contributed by atoms with Crippen LogP contribution >= 0.6 is 11.3 Å². The summed E-state index contributed by atoms with van der Waals surface area (Å²) in [4.78, 5) is 21.2. The highest BCUT2D eigenvalue weighted by atomic mass is 32.2. The molecule has 3 aromatic rings. The minimum Gasteiger partial charge on any atom is -0.379 e. The lowest BCUT2D eigenvalue weighted by Gasteiger charge is -2.26. The molecule has 0 unspecified atom stereocenters. The van der Waals surface area contributed by atoms with Crippen LogP contribution in [-0.4, -0.2) is 59.5 Å². The van der Waals surface area contributed by atoms with E-state index in [-0.39, 0.29) is 17.2 Å². The van der Waals surface area contributed by atoms with E-state index in [1.165, 1.54) is 15.6 Å². The summed E-state index contributed by atoms with van der Waals surface area (Å²) in [6, 6.07) is 5.08. The summed E-state index contributed by atoms with van der Waals surface area (Å²) >= 11 is 1.37. The molecule has 1 amide bonds. The van der Waals surface area contributed by atoms with E-state index in [2.05, 4.69) is 26.8 Å². The van der Waals surface area contributed by atoms with Gasteiger partial charge in [0.25, 0.3) is 0 Å². The predicted molar refractivity (Wildman–Crippen MR) is 119 cm³/mol. The van der Waals surface area contributed by atoms with E-state index in [0.29, 0.717) is 43.4 Å². The van der Waals surface area contributed by atoms with Crippen LogP contribution in [0.1, 0.15) is 25.6 Å². The van der Waals surface area contributed by atoms with Crippen molar-refractivity contribution in [2.75, 3.05) is 31.6 Å². The van der Waals surface area contributed by atoms with Gasteiger partial charge < -0.3 is 14.6 Å². The van der Waals surface area contributed by atoms with Gasteiger partial charge in [0.15, 0.2) is 5.13 Å². The van der Waals surface area contributed by atoms with Gasteiger partial charge in [0, 0.05) is 44.1 Å². The van der Waals surface area contributed by atoms with E-state index in [9.17, 15) is 13.2 Å². The van der Waals surface area contributed by atoms with Gasteiger partial charge in [-0.2, -0.15) is 4.31 Å². The summed E-state index contributed by atoms with van der Waals surface area (Å²) in [5.74, 6) is 0.646. The second-order valence-corrected chi connectivity index (χ2v) is 10.1. The maximum Gasteiger partial charge on any atom is 0.243 e. The quantitative estimate of drug-likeness (QED) is 0.550. The van der Waals surface area contributed by atoms with Gasteiger partial charge in [0.1, 0.15) is 5.82 Å². The second kappa shape index (κ2) is 9.43. The molecule has 1 saturated heterocycles. The normalized spacial score (nSPS) is 15.4. The maximum atomic E-state index is 13.0. The van der Waals surface area contributed by atoms with Gasteiger partial charge >= 0.3 is 0 Å². The molecule has 0 aliphatic carbocycles. The summed E-state index contributed by atoms with van der Waals surface area (Å²) in [6.45, 7) is 4.32. The summed E-state index contributed by atoms with van der Waals surface area (Å²) in [6.07, 6.45) is 3.27. The number of hydrogen-bond acceptors (Lipinski definition) is 7. The molecule has 0 radical (unpaired) electrons. The number of rotatable bonds is 8. The van der Waals surface area contributed by atoms with Crippen molar-refractivity contribution in [1.82, 2.24) is 18.8 Å². The summed E-state index contributed by atoms with van der Waals surface area (Å²) < 4.78 is 34.8. The lowest BCUT2D eigenvalue weighted by molar-refractivity contribution is -0.116. The molecule has 0 saturated carbocycles. The van der Waals surface area contributed by atoms with E-state index < -0.39 is 10.0 Å². The standard InChI is InChI=1S/C20H25N5O4S2/c1-2-8-25-17-4-3-15(31(27,28)24-9-11-29-12-10-24)14-16(17)22-18(25)5-6-19(26)23-20-21-7-13-30-20/h3-4,7,13-14H,2,5-6,8-12H2,1H3,(H,21,23,26). The molecule has 166 valence electrons. The summed E-state index contributed by atoms with van der Waals surface area (Å²) in [7, 11) is -3.59. The highest BCUT2D eigenvalue weighted by Crippen LogP contribution is 2.24. The molecule has 9 nitrogen and oxygen atoms in total. The Morgan fingerprint density at radius 2 is 2.10 bits per heavy atom. The molecule has 1 aliphatic rings. The Morgan fingerprint density at radius 3 is 2.81 bits per heavy atom. The van der Waals surface area contributed by atoms with Gasteiger partial charge in [-0.3, -0.25) is 4.79 Å². The predicted octanol–water partition coefficient (Wildman–Crippen LogP) is 2.50. The molecule has 31 heavy (non-hydrogen) atoms. The number of hydrogen-bond donors (Lipinski definition) is 1. The average molecular weight is 464 g/mol. The van der Waals surface area contributed by atoms with E-state index in [1.807, 2.05) is 6.07 Å². The number of nitrogens with one attached hydrogen (secondary N) is 1. The van der Waals surface area contributed by atoms with Crippen LogP contribution in [-0.2, 0) is 32.5 Å². The fraction of sp³-hybridized carbons (Fsp3) is 0.450. The number of sulfonamides is 1. The Kier molecular flexibility index (Phi) is 6.65. The number of carbonyl (C=O) groups excluding carboxylic acids is 1. The molecule has 2 aromatic heterocycles. The van der Waals surface area contributed by atoms with Gasteiger partial charge in [-0.15, -0.1) is 11.3 Å². The van der Waals surface area contributed by atoms with Crippen LogP contribution in [0.3, 0.4) is 0 Å². The summed E-state index contributed by atoms with van der Waals surface area (Å²) in [5, 5.41) is 5.16. The number of imidazole rings is 1. The highest BCUT2D eigenvalue weighted by molar-refractivity contribution is 7.89. The Hall–Kier alpha value is -2.34. The third-order valence-corrected chi connectivity index (χ3v) is 7.69. The zero-order chi connectivity index (χ0) is 21.8. The molecular weight excluding hydrogens is 438 g/mol. The minimum absolute atomic E-state index is 0.124. The smallest absolute Gasteiger partial charge is 0.243 e. The molecular formula is C20H25N5O4S2. The van der Waals surface area contributed by atoms with Gasteiger partial charge in [0.05, 0.1) is 29.1 Å². The van der Waals surface area contributed by atoms with Gasteiger partial charge in [-0.1, -0.05) is 6.92 Å². The van der Waals surface area contributed by atoms with Gasteiger partial charge in [0.2, 0.25) is 15.9 Å². The average Bonchev–Trinajstić information content (AvgIpc) is 3.40. The van der Waals surface area contributed by atoms with Crippen molar-refractivity contribution >= 4 is 43.4 Å². The Morgan fingerprint density at radius 1 is 1.29 bits per heavy atom. The van der Waals surface area contributed by atoms with Crippen LogP contribution in [0.2, 0.25) is 0 Å². The van der Waals surface area contributed by atoms with Crippen LogP contribution in [0.4, 0.5) is 5.13 Å². The monoisotopic (exact) mass is 463 g/mol. The Bertz CT molecular complexity index is 1150. The number of morpholine rings is 1. The number of aryl methyl sites for hydroxylation is 2. The van der Waals surface area contributed by atoms with Gasteiger partial charge in [-0.05, 0) is 24.6 Å². The van der Waals surface area contributed by atoms with E-state index in [0.717, 1.165) is 24.3 Å². The highest BCUT2D eigenvalue weighted by Gasteiger charge is 2.27. The molecule has 0 atom stereocenters. The topological polar surface area (TPSA) is 106 Å². The van der Waals surface area contributed by atoms with Crippen LogP contribution in [0, 0.1) is 0 Å². The first-order valence-corrected chi connectivity index (χ1v) is 12.6. The number of aromatic nitrogens is 3. The number of nitrogens with zero attached hydrogens (tertiary/aromatic N) is 4. The summed E-state index contributed by atoms with van der Waals surface area (Å²) in [5.41, 5.74) is 1.50. The van der Waals surface area contributed by atoms with Crippen molar-refractivity contribution in [3.63, 3.8) is 0 Å². The van der Waals surface area contributed by atoms with Crippen molar-refractivity contribution in [2.24, 2.45) is 0 Å². The lowest BCUT2D eigenvalue weighted by atomic mass is 10.2. The van der Waals surface area contributed by atoms with Crippen molar-refractivity contribution < 1.29 is 17.9 Å². The third kappa shape index (κ3) is 4.79. The van der Waals surface area contributed by atoms with Crippen molar-refractivity contribution in [3.05, 3.63) is 35.6 Å². The third-order valence-electron chi connectivity index (χ3n) is 5.11. The minimum atomic E-state index is -3.59. The molecule has 4 rings (SSSR count). The molecule has 1 fully saturated rings. The molecule has 1 aromatic carbocycles. The fourth-order valence-corrected chi connectivity index (χ4v) is 5.59. The Labute approximate surface area is 185 Å². The van der Waals surface area contributed by atoms with E-state index in [4.69, 9.17) is 4.74 Å². The number of thiazole rings is 1. The van der Waals surface area contributed by atoms with Crippen molar-refractivity contribution in [1.29, 1.82) is 0 Å². The second-order valence-electron chi connectivity index (χ2n) is 7.23. The fourth-order valence-electron chi connectivity index (χ4n) is 3.61. The number of benzene rings is 1. The van der Waals surface area contributed by atoms with Crippen molar-refractivity contribution in [2.45, 2.75) is 37.6 Å².